The summed E-state index contributed by atoms with van der Waals surface area (Å²) < 4.78 is 102. The summed E-state index contributed by atoms with van der Waals surface area (Å²) in [5, 5.41) is 2.22. The van der Waals surface area contributed by atoms with Gasteiger partial charge in [-0.25, -0.2) is 4.98 Å². The first-order valence-corrected chi connectivity index (χ1v) is 16.0. The summed E-state index contributed by atoms with van der Waals surface area (Å²) >= 11 is 0. The van der Waals surface area contributed by atoms with Gasteiger partial charge >= 0.3 is 18.5 Å². The topological polar surface area (TPSA) is 128 Å². The first-order chi connectivity index (χ1) is 25.9. The Morgan fingerprint density at radius 2 is 0.877 bits per heavy atom. The predicted molar refractivity (Wildman–Crippen MR) is 187 cm³/mol. The van der Waals surface area contributed by atoms with Gasteiger partial charge in [0.25, 0.3) is 0 Å². The number of carbonyl (C=O) groups excluding carboxylic acids is 6. The summed E-state index contributed by atoms with van der Waals surface area (Å²) in [6.07, 6.45) is -15.9. The van der Waals surface area contributed by atoms with Crippen LogP contribution in [-0.4, -0.2) is 63.2 Å². The van der Waals surface area contributed by atoms with Crippen molar-refractivity contribution < 1.29 is 107 Å². The fourth-order valence-electron chi connectivity index (χ4n) is 4.41. The number of halogens is 9. The van der Waals surface area contributed by atoms with Crippen molar-refractivity contribution in [2.45, 2.75) is 58.6 Å². The maximum absolute atomic E-state index is 11.3. The molecule has 3 aromatic carbocycles. The van der Waals surface area contributed by atoms with Crippen molar-refractivity contribution in [3.8, 4) is 22.4 Å². The molecule has 0 bridgehead atoms. The number of benzene rings is 3. The molecular weight excluding hydrogens is 922 g/mol. The molecule has 0 fully saturated rings. The SMILES string of the molecule is CC(=O)CC(=O)C(F)(F)F.CC(=O)CC(=O)C(F)(F)F.CC(=O)CC(=O)C(F)(F)F.[Tb].c1ccc(-c2cc3ccc4cccnc4c3nc2-c2ccccc2)cc1. The van der Waals surface area contributed by atoms with Gasteiger partial charge in [0.05, 0.1) is 36.0 Å². The van der Waals surface area contributed by atoms with Crippen molar-refractivity contribution in [3.63, 3.8) is 0 Å². The number of alkyl halides is 9. The molecule has 8 nitrogen and oxygen atoms in total. The summed E-state index contributed by atoms with van der Waals surface area (Å²) in [6, 6.07) is 31.3. The molecule has 0 atom stereocenters. The monoisotopic (exact) mass is 953 g/mol. The fraction of sp³-hybridized carbons (Fsp3) is 0.231. The minimum atomic E-state index is -4.87. The van der Waals surface area contributed by atoms with E-state index in [0.29, 0.717) is 0 Å². The molecule has 0 N–H and O–H groups in total. The Hall–Kier alpha value is -4.84. The molecular formula is C39H31F9N2O6Tb. The normalized spacial score (nSPS) is 10.9. The molecule has 305 valence electrons. The Balaban J connectivity index is 0.000000440. The van der Waals surface area contributed by atoms with Gasteiger partial charge in [-0.3, -0.25) is 33.8 Å². The van der Waals surface area contributed by atoms with Crippen LogP contribution in [0.3, 0.4) is 0 Å². The Kier molecular flexibility index (Phi) is 19.5. The van der Waals surface area contributed by atoms with Crippen LogP contribution in [0.25, 0.3) is 44.2 Å². The largest absolute Gasteiger partial charge is 0.450 e. The molecule has 0 amide bonds. The molecule has 0 unspecified atom stereocenters. The minimum Gasteiger partial charge on any atom is -0.300 e. The zero-order chi connectivity index (χ0) is 42.4. The maximum atomic E-state index is 11.3. The molecule has 0 spiro atoms. The molecule has 57 heavy (non-hydrogen) atoms. The van der Waals surface area contributed by atoms with E-state index >= 15 is 0 Å². The van der Waals surface area contributed by atoms with E-state index in [-0.39, 0.29) is 38.6 Å². The predicted octanol–water partition coefficient (Wildman–Crippen LogP) is 9.41. The van der Waals surface area contributed by atoms with Gasteiger partial charge in [-0.05, 0) is 38.5 Å². The average Bonchev–Trinajstić information content (AvgIpc) is 3.10. The van der Waals surface area contributed by atoms with Crippen LogP contribution in [0.1, 0.15) is 40.0 Å². The third kappa shape index (κ3) is 17.0. The Labute approximate surface area is 349 Å². The number of aromatic nitrogens is 2. The molecule has 0 aliphatic heterocycles. The van der Waals surface area contributed by atoms with Gasteiger partial charge in [-0.15, -0.1) is 0 Å². The molecule has 18 heteroatoms. The van der Waals surface area contributed by atoms with E-state index in [1.54, 1.807) is 0 Å². The first-order valence-electron chi connectivity index (χ1n) is 16.0. The van der Waals surface area contributed by atoms with Crippen LogP contribution in [0.5, 0.6) is 0 Å². The standard InChI is InChI=1S/C24H16N2.3C5H5F3O2.Tb/c1-3-8-17(9-4-1)21-16-20-14-13-19-12-7-15-25-23(19)24(20)26-22(21)18-10-5-2-6-11-18;3*1-3(9)2-4(10)5(6,7)8;/h1-16H;3*2H2,1H3;. The van der Waals surface area contributed by atoms with Crippen LogP contribution in [0.2, 0.25) is 0 Å². The van der Waals surface area contributed by atoms with E-state index in [1.807, 2.05) is 24.4 Å². The molecule has 1 radical (unpaired) electrons. The van der Waals surface area contributed by atoms with Gasteiger partial charge in [0, 0.05) is 66.7 Å². The Bertz CT molecular complexity index is 2100. The maximum Gasteiger partial charge on any atom is 0.450 e. The molecule has 0 saturated heterocycles. The molecule has 0 aliphatic carbocycles. The van der Waals surface area contributed by atoms with Gasteiger partial charge in [-0.1, -0.05) is 78.9 Å². The van der Waals surface area contributed by atoms with Crippen molar-refractivity contribution in [2.75, 3.05) is 0 Å². The summed E-state index contributed by atoms with van der Waals surface area (Å²) in [5.41, 5.74) is 6.30. The van der Waals surface area contributed by atoms with E-state index in [9.17, 15) is 68.3 Å². The number of fused-ring (bicyclic) bond motifs is 3. The number of pyridine rings is 2. The zero-order valence-corrected chi connectivity index (χ0v) is 32.1. The number of nitrogens with zero attached hydrogens (tertiary/aromatic N) is 2. The minimum absolute atomic E-state index is 0. The first kappa shape index (κ1) is 50.2. The quantitative estimate of drug-likeness (QED) is 0.0856. The number of hydrogen-bond donors (Lipinski definition) is 0. The smallest absolute Gasteiger partial charge is 0.300 e. The summed E-state index contributed by atoms with van der Waals surface area (Å²) in [7, 11) is 0. The van der Waals surface area contributed by atoms with E-state index < -0.39 is 72.5 Å². The number of Topliss-reactive ketones (excluding diaryl/α,β-unsaturated/α-hetero) is 6. The van der Waals surface area contributed by atoms with Crippen molar-refractivity contribution in [2.24, 2.45) is 0 Å². The summed E-state index contributed by atoms with van der Waals surface area (Å²) in [6.45, 7) is 2.80. The second kappa shape index (κ2) is 22.2. The van der Waals surface area contributed by atoms with E-state index in [1.165, 1.54) is 5.56 Å². The van der Waals surface area contributed by atoms with Crippen molar-refractivity contribution >= 4 is 56.5 Å². The molecule has 2 heterocycles. The second-order valence-corrected chi connectivity index (χ2v) is 11.7. The zero-order valence-electron chi connectivity index (χ0n) is 29.9. The Morgan fingerprint density at radius 1 is 0.491 bits per heavy atom. The number of hydrogen-bond acceptors (Lipinski definition) is 8. The molecule has 5 aromatic rings. The summed E-state index contributed by atoms with van der Waals surface area (Å²) in [5.74, 6) is -8.29. The fourth-order valence-corrected chi connectivity index (χ4v) is 4.41. The Morgan fingerprint density at radius 3 is 1.25 bits per heavy atom. The van der Waals surface area contributed by atoms with E-state index in [2.05, 4.69) is 77.8 Å². The van der Waals surface area contributed by atoms with Gasteiger partial charge in [0.2, 0.25) is 17.3 Å². The molecule has 5 rings (SSSR count). The summed E-state index contributed by atoms with van der Waals surface area (Å²) in [4.78, 5) is 69.4. The van der Waals surface area contributed by atoms with Gasteiger partial charge in [-0.2, -0.15) is 39.5 Å². The van der Waals surface area contributed by atoms with Crippen LogP contribution < -0.4 is 0 Å². The van der Waals surface area contributed by atoms with Gasteiger partial charge in [0.15, 0.2) is 0 Å². The van der Waals surface area contributed by atoms with Crippen LogP contribution in [0.15, 0.2) is 97.2 Å². The van der Waals surface area contributed by atoms with Crippen LogP contribution in [-0.2, 0) is 28.8 Å². The number of rotatable bonds is 8. The third-order valence-corrected chi connectivity index (χ3v) is 6.87. The van der Waals surface area contributed by atoms with Crippen molar-refractivity contribution in [1.29, 1.82) is 0 Å². The third-order valence-electron chi connectivity index (χ3n) is 6.87. The van der Waals surface area contributed by atoms with Crippen molar-refractivity contribution in [3.05, 3.63) is 97.2 Å². The van der Waals surface area contributed by atoms with Crippen LogP contribution >= 0.6 is 0 Å². The van der Waals surface area contributed by atoms with Crippen LogP contribution in [0.4, 0.5) is 39.5 Å². The van der Waals surface area contributed by atoms with Gasteiger partial charge < -0.3 is 0 Å². The molecule has 0 aliphatic rings. The number of ketones is 6. The molecule has 0 saturated carbocycles. The second-order valence-electron chi connectivity index (χ2n) is 11.7. The van der Waals surface area contributed by atoms with E-state index in [4.69, 9.17) is 4.98 Å². The van der Waals surface area contributed by atoms with Gasteiger partial charge in [0.1, 0.15) is 17.3 Å². The number of carbonyl (C=O) groups is 6. The van der Waals surface area contributed by atoms with Crippen LogP contribution in [0, 0.1) is 38.6 Å². The molecule has 2 aromatic heterocycles. The van der Waals surface area contributed by atoms with E-state index in [0.717, 1.165) is 59.4 Å². The van der Waals surface area contributed by atoms with Crippen molar-refractivity contribution in [1.82, 2.24) is 9.97 Å². The average molecular weight is 954 g/mol.